The molecule has 24 heavy (non-hydrogen) atoms. The quantitative estimate of drug-likeness (QED) is 0.715. The summed E-state index contributed by atoms with van der Waals surface area (Å²) in [5, 5.41) is 2.25. The predicted molar refractivity (Wildman–Crippen MR) is 96.2 cm³/mol. The summed E-state index contributed by atoms with van der Waals surface area (Å²) in [5.74, 6) is -0.287. The van der Waals surface area contributed by atoms with Crippen molar-refractivity contribution in [3.8, 4) is 0 Å². The Balaban J connectivity index is 2.01. The predicted octanol–water partition coefficient (Wildman–Crippen LogP) is 2.08. The lowest BCUT2D eigenvalue weighted by Gasteiger charge is -2.19. The summed E-state index contributed by atoms with van der Waals surface area (Å²) in [6.07, 6.45) is 0. The summed E-state index contributed by atoms with van der Waals surface area (Å²) in [7, 11) is 3.03. The number of rotatable bonds is 3. The molecule has 8 heteroatoms. The lowest BCUT2D eigenvalue weighted by Crippen LogP contribution is -2.41. The van der Waals surface area contributed by atoms with E-state index >= 15 is 0 Å². The van der Waals surface area contributed by atoms with Crippen molar-refractivity contribution in [1.82, 2.24) is 9.13 Å². The van der Waals surface area contributed by atoms with E-state index in [1.165, 1.54) is 27.9 Å². The van der Waals surface area contributed by atoms with Gasteiger partial charge in [-0.25, -0.2) is 4.79 Å². The van der Waals surface area contributed by atoms with Crippen LogP contribution in [0.2, 0.25) is 5.02 Å². The lowest BCUT2D eigenvalue weighted by atomic mass is 10.3. The molecule has 0 fully saturated rings. The zero-order valence-corrected chi connectivity index (χ0v) is 14.6. The third-order valence-corrected chi connectivity index (χ3v) is 4.94. The van der Waals surface area contributed by atoms with Gasteiger partial charge in [0.25, 0.3) is 5.56 Å². The average Bonchev–Trinajstić information content (AvgIpc) is 3.05. The van der Waals surface area contributed by atoms with E-state index in [1.807, 2.05) is 0 Å². The molecule has 2 heterocycles. The molecular weight excluding hydrogens is 350 g/mol. The van der Waals surface area contributed by atoms with Gasteiger partial charge in [-0.15, -0.1) is 11.3 Å². The molecule has 3 aromatic rings. The number of hydrogen-bond acceptors (Lipinski definition) is 4. The summed E-state index contributed by atoms with van der Waals surface area (Å²) < 4.78 is 2.79. The second kappa shape index (κ2) is 6.26. The van der Waals surface area contributed by atoms with Crippen molar-refractivity contribution >= 4 is 44.7 Å². The normalized spacial score (nSPS) is 11.0. The standard InChI is InChI=1S/C16H14ClN3O3S/c1-18(11-5-3-4-10(17)8-11)13(21)9-20-12-6-7-24-14(12)15(22)19(2)16(20)23/h3-8H,9H2,1-2H3. The molecule has 1 aromatic carbocycles. The fourth-order valence-corrected chi connectivity index (χ4v) is 3.48. The van der Waals surface area contributed by atoms with Gasteiger partial charge in [0.2, 0.25) is 5.91 Å². The molecule has 0 bridgehead atoms. The van der Waals surface area contributed by atoms with E-state index < -0.39 is 5.69 Å². The van der Waals surface area contributed by atoms with Crippen LogP contribution in [-0.4, -0.2) is 22.1 Å². The highest BCUT2D eigenvalue weighted by Crippen LogP contribution is 2.19. The summed E-state index contributed by atoms with van der Waals surface area (Å²) in [4.78, 5) is 38.5. The number of carbonyl (C=O) groups is 1. The fraction of sp³-hybridized carbons (Fsp3) is 0.188. The summed E-state index contributed by atoms with van der Waals surface area (Å²) in [6.45, 7) is -0.163. The number of likely N-dealkylation sites (N-methyl/N-ethyl adjacent to an activating group) is 1. The van der Waals surface area contributed by atoms with Gasteiger partial charge in [-0.2, -0.15) is 0 Å². The van der Waals surface area contributed by atoms with Crippen LogP contribution in [0, 0.1) is 0 Å². The molecule has 0 N–H and O–H groups in total. The molecular formula is C16H14ClN3O3S. The maximum Gasteiger partial charge on any atom is 0.331 e. The third-order valence-electron chi connectivity index (χ3n) is 3.81. The molecule has 0 unspecified atom stereocenters. The van der Waals surface area contributed by atoms with Gasteiger partial charge in [0.05, 0.1) is 5.52 Å². The first kappa shape index (κ1) is 16.5. The maximum atomic E-state index is 12.6. The average molecular weight is 364 g/mol. The molecule has 1 amide bonds. The Labute approximate surface area is 146 Å². The number of aromatic nitrogens is 2. The van der Waals surface area contributed by atoms with Crippen LogP contribution in [0.3, 0.4) is 0 Å². The molecule has 0 spiro atoms. The molecule has 0 radical (unpaired) electrons. The van der Waals surface area contributed by atoms with Gasteiger partial charge in [-0.1, -0.05) is 17.7 Å². The number of thiophene rings is 1. The minimum atomic E-state index is -0.515. The number of hydrogen-bond donors (Lipinski definition) is 0. The molecule has 2 aromatic heterocycles. The van der Waals surface area contributed by atoms with Crippen molar-refractivity contribution in [3.63, 3.8) is 0 Å². The first-order valence-corrected chi connectivity index (χ1v) is 8.35. The lowest BCUT2D eigenvalue weighted by molar-refractivity contribution is -0.118. The Morgan fingerprint density at radius 3 is 2.75 bits per heavy atom. The zero-order valence-electron chi connectivity index (χ0n) is 13.0. The van der Waals surface area contributed by atoms with Gasteiger partial charge in [-0.3, -0.25) is 18.7 Å². The van der Waals surface area contributed by atoms with E-state index in [0.29, 0.717) is 20.9 Å². The Bertz CT molecular complexity index is 1050. The summed E-state index contributed by atoms with van der Waals surface area (Å²) >= 11 is 7.20. The van der Waals surface area contributed by atoms with Crippen LogP contribution >= 0.6 is 22.9 Å². The van der Waals surface area contributed by atoms with E-state index in [0.717, 1.165) is 4.57 Å². The largest absolute Gasteiger partial charge is 0.331 e. The second-order valence-electron chi connectivity index (χ2n) is 5.30. The van der Waals surface area contributed by atoms with Gasteiger partial charge < -0.3 is 4.90 Å². The first-order chi connectivity index (χ1) is 11.4. The van der Waals surface area contributed by atoms with Crippen LogP contribution < -0.4 is 16.1 Å². The molecule has 0 atom stereocenters. The van der Waals surface area contributed by atoms with E-state index in [-0.39, 0.29) is 18.0 Å². The van der Waals surface area contributed by atoms with E-state index in [9.17, 15) is 14.4 Å². The number of amides is 1. The first-order valence-electron chi connectivity index (χ1n) is 7.09. The van der Waals surface area contributed by atoms with Crippen molar-refractivity contribution in [2.24, 2.45) is 7.05 Å². The van der Waals surface area contributed by atoms with Gasteiger partial charge in [-0.05, 0) is 29.6 Å². The van der Waals surface area contributed by atoms with E-state index in [4.69, 9.17) is 11.6 Å². The summed E-state index contributed by atoms with van der Waals surface area (Å²) in [5.41, 5.74) is 0.239. The number of fused-ring (bicyclic) bond motifs is 1. The minimum absolute atomic E-state index is 0.163. The van der Waals surface area contributed by atoms with Gasteiger partial charge >= 0.3 is 5.69 Å². The SMILES string of the molecule is CN(C(=O)Cn1c(=O)n(C)c(=O)c2sccc21)c1cccc(Cl)c1. The van der Waals surface area contributed by atoms with Crippen LogP contribution in [0.15, 0.2) is 45.3 Å². The van der Waals surface area contributed by atoms with Crippen LogP contribution in [0.4, 0.5) is 5.69 Å². The molecule has 0 saturated heterocycles. The Kier molecular flexibility index (Phi) is 4.29. The second-order valence-corrected chi connectivity index (χ2v) is 6.65. The fourth-order valence-electron chi connectivity index (χ4n) is 2.42. The highest BCUT2D eigenvalue weighted by Gasteiger charge is 2.17. The van der Waals surface area contributed by atoms with Crippen LogP contribution in [0.1, 0.15) is 0 Å². The van der Waals surface area contributed by atoms with Crippen molar-refractivity contribution in [2.75, 3.05) is 11.9 Å². The van der Waals surface area contributed by atoms with Crippen LogP contribution in [-0.2, 0) is 18.4 Å². The minimum Gasteiger partial charge on any atom is -0.314 e. The molecule has 3 rings (SSSR count). The number of nitrogens with zero attached hydrogens (tertiary/aromatic N) is 3. The van der Waals surface area contributed by atoms with Crippen LogP contribution in [0.25, 0.3) is 10.2 Å². The van der Waals surface area contributed by atoms with Crippen molar-refractivity contribution in [2.45, 2.75) is 6.54 Å². The van der Waals surface area contributed by atoms with E-state index in [1.54, 1.807) is 42.8 Å². The molecule has 0 aliphatic carbocycles. The molecule has 6 nitrogen and oxygen atoms in total. The smallest absolute Gasteiger partial charge is 0.314 e. The highest BCUT2D eigenvalue weighted by molar-refractivity contribution is 7.17. The number of carbonyl (C=O) groups excluding carboxylic acids is 1. The third kappa shape index (κ3) is 2.76. The van der Waals surface area contributed by atoms with Gasteiger partial charge in [0, 0.05) is 24.8 Å². The van der Waals surface area contributed by atoms with E-state index in [2.05, 4.69) is 0 Å². The number of halogens is 1. The molecule has 0 aliphatic rings. The molecule has 0 aliphatic heterocycles. The summed E-state index contributed by atoms with van der Waals surface area (Å²) in [6, 6.07) is 8.57. The molecule has 0 saturated carbocycles. The highest BCUT2D eigenvalue weighted by atomic mass is 35.5. The zero-order chi connectivity index (χ0) is 17.4. The van der Waals surface area contributed by atoms with Crippen molar-refractivity contribution in [3.05, 3.63) is 61.6 Å². The Morgan fingerprint density at radius 1 is 1.29 bits per heavy atom. The van der Waals surface area contributed by atoms with Crippen molar-refractivity contribution in [1.29, 1.82) is 0 Å². The maximum absolute atomic E-state index is 12.6. The van der Waals surface area contributed by atoms with Crippen molar-refractivity contribution < 1.29 is 4.79 Å². The molecule has 124 valence electrons. The number of anilines is 1. The van der Waals surface area contributed by atoms with Gasteiger partial charge in [0.15, 0.2) is 0 Å². The monoisotopic (exact) mass is 363 g/mol. The van der Waals surface area contributed by atoms with Gasteiger partial charge in [0.1, 0.15) is 11.2 Å². The van der Waals surface area contributed by atoms with Crippen LogP contribution in [0.5, 0.6) is 0 Å². The Morgan fingerprint density at radius 2 is 2.04 bits per heavy atom. The Hall–Kier alpha value is -2.38. The number of benzene rings is 1. The topological polar surface area (TPSA) is 64.3 Å².